The number of nitrogens with two attached hydrogens (primary N) is 1. The molecule has 1 amide bonds. The van der Waals surface area contributed by atoms with E-state index in [4.69, 9.17) is 10.5 Å². The first-order valence-electron chi connectivity index (χ1n) is 5.73. The molecule has 3 N–H and O–H groups in total. The van der Waals surface area contributed by atoms with Crippen LogP contribution in [0.4, 0.5) is 0 Å². The van der Waals surface area contributed by atoms with E-state index in [9.17, 15) is 4.79 Å². The first-order chi connectivity index (χ1) is 7.15. The van der Waals surface area contributed by atoms with Gasteiger partial charge in [0.1, 0.15) is 6.04 Å². The molecule has 0 spiro atoms. The van der Waals surface area contributed by atoms with Crippen LogP contribution >= 0.6 is 0 Å². The van der Waals surface area contributed by atoms with Crippen LogP contribution in [-0.2, 0) is 9.53 Å². The Morgan fingerprint density at radius 2 is 2.20 bits per heavy atom. The Hall–Kier alpha value is -0.610. The number of hydrogen-bond acceptors (Lipinski definition) is 3. The average molecular weight is 214 g/mol. The van der Waals surface area contributed by atoms with Gasteiger partial charge in [-0.25, -0.2) is 0 Å². The molecule has 0 aromatic heterocycles. The van der Waals surface area contributed by atoms with Gasteiger partial charge in [0.2, 0.25) is 5.91 Å². The third-order valence-corrected chi connectivity index (χ3v) is 3.20. The van der Waals surface area contributed by atoms with Crippen molar-refractivity contribution in [2.75, 3.05) is 13.7 Å². The molecule has 3 atom stereocenters. The lowest BCUT2D eigenvalue weighted by atomic mass is 9.88. The van der Waals surface area contributed by atoms with Crippen molar-refractivity contribution < 1.29 is 9.53 Å². The minimum absolute atomic E-state index is 0.300. The molecule has 3 unspecified atom stereocenters. The number of ether oxygens (including phenoxy) is 1. The second kappa shape index (κ2) is 6.08. The topological polar surface area (TPSA) is 64.3 Å². The van der Waals surface area contributed by atoms with Crippen molar-refractivity contribution in [3.8, 4) is 0 Å². The van der Waals surface area contributed by atoms with Gasteiger partial charge in [0, 0.05) is 0 Å². The van der Waals surface area contributed by atoms with E-state index >= 15 is 0 Å². The molecule has 0 aliphatic heterocycles. The maximum atomic E-state index is 11.0. The Morgan fingerprint density at radius 3 is 2.73 bits per heavy atom. The summed E-state index contributed by atoms with van der Waals surface area (Å²) >= 11 is 0. The number of carbonyl (C=O) groups is 1. The number of likely N-dealkylation sites (N-methyl/N-ethyl adjacent to an activating group) is 1. The van der Waals surface area contributed by atoms with Crippen molar-refractivity contribution in [2.45, 2.75) is 44.8 Å². The van der Waals surface area contributed by atoms with E-state index in [0.29, 0.717) is 18.6 Å². The van der Waals surface area contributed by atoms with E-state index < -0.39 is 0 Å². The second-order valence-corrected chi connectivity index (χ2v) is 4.38. The fourth-order valence-electron chi connectivity index (χ4n) is 2.06. The fraction of sp³-hybridized carbons (Fsp3) is 0.909. The summed E-state index contributed by atoms with van der Waals surface area (Å²) in [5.74, 6) is 0.255. The Kier molecular flexibility index (Phi) is 5.05. The highest BCUT2D eigenvalue weighted by Gasteiger charge is 2.23. The quantitative estimate of drug-likeness (QED) is 0.706. The molecule has 0 radical (unpaired) electrons. The van der Waals surface area contributed by atoms with Gasteiger partial charge >= 0.3 is 0 Å². The van der Waals surface area contributed by atoms with Crippen LogP contribution < -0.4 is 11.1 Å². The largest absolute Gasteiger partial charge is 0.376 e. The van der Waals surface area contributed by atoms with Crippen LogP contribution in [-0.4, -0.2) is 31.7 Å². The lowest BCUT2D eigenvalue weighted by Crippen LogP contribution is -2.44. The van der Waals surface area contributed by atoms with Gasteiger partial charge in [-0.2, -0.15) is 0 Å². The Labute approximate surface area is 91.5 Å². The molecule has 0 aromatic rings. The molecule has 0 bridgehead atoms. The molecule has 1 rings (SSSR count). The SMILES string of the molecule is CNC(COC1CCCCC1C)C(N)=O. The van der Waals surface area contributed by atoms with E-state index in [-0.39, 0.29) is 11.9 Å². The normalized spacial score (nSPS) is 28.7. The Bertz CT molecular complexity index is 209. The standard InChI is InChI=1S/C11H22N2O2/c1-8-5-3-4-6-10(8)15-7-9(13-2)11(12)14/h8-10,13H,3-7H2,1-2H3,(H2,12,14). The highest BCUT2D eigenvalue weighted by Crippen LogP contribution is 2.26. The molecule has 15 heavy (non-hydrogen) atoms. The van der Waals surface area contributed by atoms with Crippen LogP contribution in [0.5, 0.6) is 0 Å². The van der Waals surface area contributed by atoms with E-state index in [1.807, 2.05) is 0 Å². The van der Waals surface area contributed by atoms with E-state index in [0.717, 1.165) is 6.42 Å². The van der Waals surface area contributed by atoms with Gasteiger partial charge in [-0.15, -0.1) is 0 Å². The minimum Gasteiger partial charge on any atom is -0.376 e. The zero-order valence-electron chi connectivity index (χ0n) is 9.66. The molecule has 0 heterocycles. The molecule has 1 aliphatic carbocycles. The third-order valence-electron chi connectivity index (χ3n) is 3.20. The molecule has 1 fully saturated rings. The van der Waals surface area contributed by atoms with Crippen molar-refractivity contribution in [3.05, 3.63) is 0 Å². The monoisotopic (exact) mass is 214 g/mol. The maximum Gasteiger partial charge on any atom is 0.236 e. The van der Waals surface area contributed by atoms with Crippen molar-refractivity contribution in [3.63, 3.8) is 0 Å². The van der Waals surface area contributed by atoms with Crippen molar-refractivity contribution >= 4 is 5.91 Å². The third kappa shape index (κ3) is 3.80. The summed E-state index contributed by atoms with van der Waals surface area (Å²) in [6.45, 7) is 2.60. The zero-order valence-corrected chi connectivity index (χ0v) is 9.66. The summed E-state index contributed by atoms with van der Waals surface area (Å²) in [6, 6.07) is -0.362. The van der Waals surface area contributed by atoms with Crippen LogP contribution in [0.1, 0.15) is 32.6 Å². The molecule has 1 saturated carbocycles. The van der Waals surface area contributed by atoms with Crippen molar-refractivity contribution in [2.24, 2.45) is 11.7 Å². The van der Waals surface area contributed by atoms with Crippen LogP contribution in [0.15, 0.2) is 0 Å². The summed E-state index contributed by atoms with van der Waals surface area (Å²) in [6.07, 6.45) is 5.16. The molecule has 1 aliphatic rings. The van der Waals surface area contributed by atoms with Gasteiger partial charge in [-0.3, -0.25) is 4.79 Å². The zero-order chi connectivity index (χ0) is 11.3. The van der Waals surface area contributed by atoms with Gasteiger partial charge in [0.15, 0.2) is 0 Å². The van der Waals surface area contributed by atoms with Crippen LogP contribution in [0.3, 0.4) is 0 Å². The van der Waals surface area contributed by atoms with Crippen LogP contribution in [0.25, 0.3) is 0 Å². The number of primary amides is 1. The second-order valence-electron chi connectivity index (χ2n) is 4.38. The number of amides is 1. The summed E-state index contributed by atoms with van der Waals surface area (Å²) < 4.78 is 5.75. The van der Waals surface area contributed by atoms with Gasteiger partial charge < -0.3 is 15.8 Å². The predicted molar refractivity (Wildman–Crippen MR) is 59.4 cm³/mol. The van der Waals surface area contributed by atoms with Crippen molar-refractivity contribution in [1.82, 2.24) is 5.32 Å². The van der Waals surface area contributed by atoms with Crippen LogP contribution in [0.2, 0.25) is 0 Å². The molecule has 4 heteroatoms. The molecular formula is C11H22N2O2. The first-order valence-corrected chi connectivity index (χ1v) is 5.73. The van der Waals surface area contributed by atoms with E-state index in [2.05, 4.69) is 12.2 Å². The fourth-order valence-corrected chi connectivity index (χ4v) is 2.06. The highest BCUT2D eigenvalue weighted by molar-refractivity contribution is 5.79. The summed E-state index contributed by atoms with van der Waals surface area (Å²) in [5.41, 5.74) is 5.22. The summed E-state index contributed by atoms with van der Waals surface area (Å²) in [4.78, 5) is 11.0. The molecule has 0 saturated heterocycles. The van der Waals surface area contributed by atoms with Crippen molar-refractivity contribution in [1.29, 1.82) is 0 Å². The highest BCUT2D eigenvalue weighted by atomic mass is 16.5. The van der Waals surface area contributed by atoms with Gasteiger partial charge in [-0.05, 0) is 25.8 Å². The van der Waals surface area contributed by atoms with E-state index in [1.165, 1.54) is 19.3 Å². The van der Waals surface area contributed by atoms with Gasteiger partial charge in [0.05, 0.1) is 12.7 Å². The molecule has 4 nitrogen and oxygen atoms in total. The first kappa shape index (κ1) is 12.5. The van der Waals surface area contributed by atoms with Gasteiger partial charge in [0.25, 0.3) is 0 Å². The summed E-state index contributed by atoms with van der Waals surface area (Å²) in [7, 11) is 1.73. The average Bonchev–Trinajstić information content (AvgIpc) is 2.21. The Morgan fingerprint density at radius 1 is 1.53 bits per heavy atom. The Balaban J connectivity index is 2.31. The minimum atomic E-state index is -0.362. The molecule has 88 valence electrons. The number of nitrogens with one attached hydrogen (secondary N) is 1. The van der Waals surface area contributed by atoms with Crippen LogP contribution in [0, 0.1) is 5.92 Å². The number of carbonyl (C=O) groups excluding carboxylic acids is 1. The lowest BCUT2D eigenvalue weighted by Gasteiger charge is -2.29. The smallest absolute Gasteiger partial charge is 0.236 e. The number of rotatable bonds is 5. The van der Waals surface area contributed by atoms with Gasteiger partial charge in [-0.1, -0.05) is 19.8 Å². The summed E-state index contributed by atoms with van der Waals surface area (Å²) in [5, 5.41) is 2.86. The molecular weight excluding hydrogens is 192 g/mol. The van der Waals surface area contributed by atoms with E-state index in [1.54, 1.807) is 7.05 Å². The lowest BCUT2D eigenvalue weighted by molar-refractivity contribution is -0.122. The predicted octanol–water partition coefficient (Wildman–Crippen LogP) is 0.655. The maximum absolute atomic E-state index is 11.0. The number of hydrogen-bond donors (Lipinski definition) is 2. The molecule has 0 aromatic carbocycles.